The Morgan fingerprint density at radius 3 is 2.63 bits per heavy atom. The number of carbonyl (C=O) groups excluding carboxylic acids is 1. The van der Waals surface area contributed by atoms with E-state index in [9.17, 15) is 4.79 Å². The van der Waals surface area contributed by atoms with Gasteiger partial charge < -0.3 is 4.90 Å². The number of carbonyl (C=O) groups is 1. The van der Waals surface area contributed by atoms with Crippen LogP contribution in [-0.4, -0.2) is 22.4 Å². The third-order valence-electron chi connectivity index (χ3n) is 4.84. The van der Waals surface area contributed by atoms with Crippen LogP contribution >= 0.6 is 11.3 Å². The molecule has 1 aliphatic rings. The summed E-state index contributed by atoms with van der Waals surface area (Å²) in [6.07, 6.45) is 6.30. The molecule has 5 heteroatoms. The molecule has 27 heavy (non-hydrogen) atoms. The minimum atomic E-state index is 0.118. The highest BCUT2D eigenvalue weighted by atomic mass is 32.1. The largest absolute Gasteiger partial charge is 0.310 e. The molecule has 4 rings (SSSR count). The highest BCUT2D eigenvalue weighted by molar-refractivity contribution is 7.12. The fourth-order valence-electron chi connectivity index (χ4n) is 3.18. The van der Waals surface area contributed by atoms with Crippen molar-refractivity contribution < 1.29 is 4.79 Å². The summed E-state index contributed by atoms with van der Waals surface area (Å²) < 4.78 is 0. The first-order valence-corrected chi connectivity index (χ1v) is 10.2. The standard InChI is InChI=1S/C22H23N3OS/c1-15-5-9-18(10-6-15)22-20(27-16(2)24-22)12-21(26)25(14-17-7-8-17)19-4-3-11-23-13-19/h3-6,9-11,13,17H,7-8,12,14H2,1-2H3. The Balaban J connectivity index is 1.60. The molecule has 0 unspecified atom stereocenters. The van der Waals surface area contributed by atoms with E-state index in [1.54, 1.807) is 23.7 Å². The summed E-state index contributed by atoms with van der Waals surface area (Å²) in [5.74, 6) is 0.737. The Morgan fingerprint density at radius 2 is 1.96 bits per heavy atom. The van der Waals surface area contributed by atoms with E-state index < -0.39 is 0 Å². The number of hydrogen-bond donors (Lipinski definition) is 0. The van der Waals surface area contributed by atoms with E-state index in [4.69, 9.17) is 4.98 Å². The molecule has 0 bridgehead atoms. The van der Waals surface area contributed by atoms with Crippen LogP contribution in [0.5, 0.6) is 0 Å². The average molecular weight is 378 g/mol. The Hall–Kier alpha value is -2.53. The van der Waals surface area contributed by atoms with E-state index in [2.05, 4.69) is 36.2 Å². The van der Waals surface area contributed by atoms with Crippen molar-refractivity contribution in [3.63, 3.8) is 0 Å². The van der Waals surface area contributed by atoms with Crippen LogP contribution in [0.3, 0.4) is 0 Å². The minimum Gasteiger partial charge on any atom is -0.310 e. The van der Waals surface area contributed by atoms with Crippen molar-refractivity contribution in [1.29, 1.82) is 0 Å². The third kappa shape index (κ3) is 4.25. The van der Waals surface area contributed by atoms with Crippen molar-refractivity contribution in [2.75, 3.05) is 11.4 Å². The first-order valence-electron chi connectivity index (χ1n) is 9.34. The van der Waals surface area contributed by atoms with Crippen LogP contribution in [0.1, 0.15) is 28.3 Å². The van der Waals surface area contributed by atoms with Crippen molar-refractivity contribution in [1.82, 2.24) is 9.97 Å². The van der Waals surface area contributed by atoms with Gasteiger partial charge in [0.15, 0.2) is 0 Å². The molecule has 1 fully saturated rings. The van der Waals surface area contributed by atoms with Crippen LogP contribution in [-0.2, 0) is 11.2 Å². The first kappa shape index (κ1) is 17.9. The van der Waals surface area contributed by atoms with Crippen LogP contribution in [0.25, 0.3) is 11.3 Å². The summed E-state index contributed by atoms with van der Waals surface area (Å²) in [6, 6.07) is 12.2. The van der Waals surface area contributed by atoms with Crippen LogP contribution in [0.4, 0.5) is 5.69 Å². The van der Waals surface area contributed by atoms with Crippen molar-refractivity contribution in [3.8, 4) is 11.3 Å². The second kappa shape index (κ2) is 7.61. The molecule has 0 N–H and O–H groups in total. The van der Waals surface area contributed by atoms with Gasteiger partial charge in [0, 0.05) is 23.2 Å². The predicted molar refractivity (Wildman–Crippen MR) is 110 cm³/mol. The van der Waals surface area contributed by atoms with Gasteiger partial charge in [0.25, 0.3) is 0 Å². The lowest BCUT2D eigenvalue weighted by Crippen LogP contribution is -2.34. The topological polar surface area (TPSA) is 46.1 Å². The maximum absolute atomic E-state index is 13.2. The lowest BCUT2D eigenvalue weighted by molar-refractivity contribution is -0.118. The molecule has 0 radical (unpaired) electrons. The first-order chi connectivity index (χ1) is 13.1. The van der Waals surface area contributed by atoms with Crippen LogP contribution in [0.15, 0.2) is 48.8 Å². The van der Waals surface area contributed by atoms with E-state index in [1.165, 1.54) is 18.4 Å². The number of nitrogens with zero attached hydrogens (tertiary/aromatic N) is 3. The summed E-state index contributed by atoms with van der Waals surface area (Å²) in [5.41, 5.74) is 4.11. The molecule has 4 nitrogen and oxygen atoms in total. The molecule has 1 aliphatic carbocycles. The van der Waals surface area contributed by atoms with Gasteiger partial charge in [-0.15, -0.1) is 11.3 Å². The maximum Gasteiger partial charge on any atom is 0.232 e. The van der Waals surface area contributed by atoms with E-state index in [1.807, 2.05) is 24.0 Å². The van der Waals surface area contributed by atoms with E-state index in [0.717, 1.165) is 33.4 Å². The monoisotopic (exact) mass is 377 g/mol. The molecule has 3 aromatic rings. The maximum atomic E-state index is 13.2. The van der Waals surface area contributed by atoms with Gasteiger partial charge in [-0.2, -0.15) is 0 Å². The zero-order valence-corrected chi connectivity index (χ0v) is 16.5. The SMILES string of the molecule is Cc1ccc(-c2nc(C)sc2CC(=O)N(CC2CC2)c2cccnc2)cc1. The molecule has 1 amide bonds. The zero-order chi connectivity index (χ0) is 18.8. The number of benzene rings is 1. The van der Waals surface area contributed by atoms with Gasteiger partial charge in [0.05, 0.1) is 29.0 Å². The van der Waals surface area contributed by atoms with Crippen LogP contribution < -0.4 is 4.90 Å². The third-order valence-corrected chi connectivity index (χ3v) is 5.81. The number of pyridine rings is 1. The highest BCUT2D eigenvalue weighted by Gasteiger charge is 2.28. The Labute approximate surface area is 163 Å². The van der Waals surface area contributed by atoms with Crippen molar-refractivity contribution in [2.24, 2.45) is 5.92 Å². The fourth-order valence-corrected chi connectivity index (χ4v) is 4.13. The van der Waals surface area contributed by atoms with Crippen LogP contribution in [0.2, 0.25) is 0 Å². The van der Waals surface area contributed by atoms with Gasteiger partial charge in [-0.3, -0.25) is 9.78 Å². The molecular formula is C22H23N3OS. The lowest BCUT2D eigenvalue weighted by Gasteiger charge is -2.22. The van der Waals surface area contributed by atoms with Gasteiger partial charge in [0.1, 0.15) is 0 Å². The lowest BCUT2D eigenvalue weighted by atomic mass is 10.1. The molecular weight excluding hydrogens is 354 g/mol. The van der Waals surface area contributed by atoms with Crippen LogP contribution in [0, 0.1) is 19.8 Å². The number of aryl methyl sites for hydroxylation is 2. The quantitative estimate of drug-likeness (QED) is 0.619. The molecule has 0 aliphatic heterocycles. The molecule has 2 heterocycles. The summed E-state index contributed by atoms with van der Waals surface area (Å²) >= 11 is 1.61. The van der Waals surface area contributed by atoms with Gasteiger partial charge in [-0.25, -0.2) is 4.98 Å². The number of amides is 1. The normalized spacial score (nSPS) is 13.6. The van der Waals surface area contributed by atoms with Gasteiger partial charge in [-0.05, 0) is 44.7 Å². The number of thiazole rings is 1. The Morgan fingerprint density at radius 1 is 1.19 bits per heavy atom. The molecule has 0 atom stereocenters. The van der Waals surface area contributed by atoms with Crippen molar-refractivity contribution in [2.45, 2.75) is 33.1 Å². The van der Waals surface area contributed by atoms with E-state index in [-0.39, 0.29) is 5.91 Å². The molecule has 1 saturated carbocycles. The van der Waals surface area contributed by atoms with Crippen molar-refractivity contribution >= 4 is 22.9 Å². The fraction of sp³-hybridized carbons (Fsp3) is 0.318. The number of aromatic nitrogens is 2. The van der Waals surface area contributed by atoms with Gasteiger partial charge in [-0.1, -0.05) is 29.8 Å². The smallest absolute Gasteiger partial charge is 0.232 e. The van der Waals surface area contributed by atoms with Gasteiger partial charge in [0.2, 0.25) is 5.91 Å². The number of hydrogen-bond acceptors (Lipinski definition) is 4. The summed E-state index contributed by atoms with van der Waals surface area (Å²) in [7, 11) is 0. The zero-order valence-electron chi connectivity index (χ0n) is 15.7. The second-order valence-electron chi connectivity index (χ2n) is 7.21. The van der Waals surface area contributed by atoms with Crippen molar-refractivity contribution in [3.05, 3.63) is 64.2 Å². The van der Waals surface area contributed by atoms with Gasteiger partial charge >= 0.3 is 0 Å². The summed E-state index contributed by atoms with van der Waals surface area (Å²) in [6.45, 7) is 4.85. The summed E-state index contributed by atoms with van der Waals surface area (Å²) in [5, 5.41) is 0.989. The molecule has 0 spiro atoms. The number of anilines is 1. The van der Waals surface area contributed by atoms with E-state index >= 15 is 0 Å². The minimum absolute atomic E-state index is 0.118. The molecule has 0 saturated heterocycles. The molecule has 2 aromatic heterocycles. The summed E-state index contributed by atoms with van der Waals surface area (Å²) in [4.78, 5) is 25.0. The highest BCUT2D eigenvalue weighted by Crippen LogP contribution is 2.33. The Kier molecular flexibility index (Phi) is 5.03. The predicted octanol–water partition coefficient (Wildman–Crippen LogP) is 4.81. The average Bonchev–Trinajstić information content (AvgIpc) is 3.42. The molecule has 1 aromatic carbocycles. The van der Waals surface area contributed by atoms with E-state index in [0.29, 0.717) is 12.3 Å². The second-order valence-corrected chi connectivity index (χ2v) is 8.49. The number of rotatable bonds is 6. The Bertz CT molecular complexity index is 930. The molecule has 138 valence electrons.